The molecule has 5 nitrogen and oxygen atoms in total. The molecule has 5 heteroatoms. The maximum Gasteiger partial charge on any atom is 0.317 e. The number of likely N-dealkylation sites (tertiary alicyclic amines) is 1. The van der Waals surface area contributed by atoms with E-state index in [-0.39, 0.29) is 37.1 Å². The first kappa shape index (κ1) is 8.70. The highest BCUT2D eigenvalue weighted by atomic mass is 16.2. The summed E-state index contributed by atoms with van der Waals surface area (Å²) >= 11 is 0. The molecule has 0 aromatic carbocycles. The number of amides is 2. The van der Waals surface area contributed by atoms with Crippen molar-refractivity contribution in [2.45, 2.75) is 6.42 Å². The van der Waals surface area contributed by atoms with Crippen molar-refractivity contribution in [1.29, 1.82) is 0 Å². The molecule has 1 heterocycles. The van der Waals surface area contributed by atoms with Gasteiger partial charge in [0, 0.05) is 7.05 Å². The predicted octanol–water partition coefficient (Wildman–Crippen LogP) is -0.830. The second-order valence-corrected chi connectivity index (χ2v) is 2.67. The Bertz CT molecular complexity index is 221. The molecule has 1 fully saturated rings. The Balaban J connectivity index is 2.61. The van der Waals surface area contributed by atoms with Crippen LogP contribution < -0.4 is 5.32 Å². The largest absolute Gasteiger partial charge is 0.341 e. The van der Waals surface area contributed by atoms with Crippen LogP contribution in [-0.4, -0.2) is 42.6 Å². The Labute approximate surface area is 69.7 Å². The van der Waals surface area contributed by atoms with Gasteiger partial charge in [-0.25, -0.2) is 4.79 Å². The van der Waals surface area contributed by atoms with E-state index in [2.05, 4.69) is 5.32 Å². The van der Waals surface area contributed by atoms with Crippen molar-refractivity contribution in [2.24, 2.45) is 0 Å². The molecule has 1 saturated heterocycles. The molecule has 2 amide bonds. The molecule has 1 aliphatic rings. The highest BCUT2D eigenvalue weighted by Gasteiger charge is 2.25. The minimum absolute atomic E-state index is 0.0342. The van der Waals surface area contributed by atoms with Gasteiger partial charge in [0.15, 0.2) is 11.6 Å². The first-order valence-electron chi connectivity index (χ1n) is 3.63. The number of urea groups is 1. The molecule has 0 unspecified atom stereocenters. The third kappa shape index (κ3) is 1.81. The van der Waals surface area contributed by atoms with Gasteiger partial charge in [0.1, 0.15) is 0 Å². The molecule has 1 aliphatic heterocycles. The molecule has 1 N–H and O–H groups in total. The summed E-state index contributed by atoms with van der Waals surface area (Å²) in [5.74, 6) is -0.398. The van der Waals surface area contributed by atoms with Crippen LogP contribution in [-0.2, 0) is 9.59 Å². The monoisotopic (exact) mass is 170 g/mol. The van der Waals surface area contributed by atoms with Crippen LogP contribution in [0.3, 0.4) is 0 Å². The minimum atomic E-state index is -0.378. The van der Waals surface area contributed by atoms with Crippen LogP contribution in [0.1, 0.15) is 6.42 Å². The second kappa shape index (κ2) is 3.34. The summed E-state index contributed by atoms with van der Waals surface area (Å²) in [6.07, 6.45) is -0.0342. The van der Waals surface area contributed by atoms with Gasteiger partial charge >= 0.3 is 6.03 Å². The maximum absolute atomic E-state index is 11.0. The molecule has 12 heavy (non-hydrogen) atoms. The minimum Gasteiger partial charge on any atom is -0.341 e. The number of hydrogen-bond acceptors (Lipinski definition) is 3. The van der Waals surface area contributed by atoms with E-state index < -0.39 is 0 Å². The normalized spacial score (nSPS) is 17.9. The molecule has 0 atom stereocenters. The van der Waals surface area contributed by atoms with Crippen LogP contribution in [0.4, 0.5) is 4.79 Å². The fourth-order valence-electron chi connectivity index (χ4n) is 1.12. The lowest BCUT2D eigenvalue weighted by Crippen LogP contribution is -2.48. The number of Topliss-reactive ketones (excluding diaryl/α,β-unsaturated/α-hetero) is 2. The Morgan fingerprint density at radius 2 is 1.83 bits per heavy atom. The molecule has 0 saturated carbocycles. The maximum atomic E-state index is 11.0. The summed E-state index contributed by atoms with van der Waals surface area (Å²) in [4.78, 5) is 33.9. The standard InChI is InChI=1S/C7H10N2O3/c1-8-7(12)9-3-5(10)2-6(11)4-9/h2-4H2,1H3,(H,8,12). The molecule has 0 spiro atoms. The van der Waals surface area contributed by atoms with Crippen molar-refractivity contribution < 1.29 is 14.4 Å². The first-order valence-corrected chi connectivity index (χ1v) is 3.63. The number of nitrogens with one attached hydrogen (secondary N) is 1. The smallest absolute Gasteiger partial charge is 0.317 e. The molecule has 1 rings (SSSR count). The van der Waals surface area contributed by atoms with E-state index in [1.165, 1.54) is 11.9 Å². The Kier molecular flexibility index (Phi) is 2.42. The van der Waals surface area contributed by atoms with Crippen molar-refractivity contribution in [3.63, 3.8) is 0 Å². The molecular formula is C7H10N2O3. The zero-order valence-corrected chi connectivity index (χ0v) is 6.79. The number of ketones is 2. The first-order chi connectivity index (χ1) is 5.63. The van der Waals surface area contributed by atoms with Crippen molar-refractivity contribution in [3.8, 4) is 0 Å². The van der Waals surface area contributed by atoms with Gasteiger partial charge in [-0.1, -0.05) is 0 Å². The molecule has 66 valence electrons. The average molecular weight is 170 g/mol. The Morgan fingerprint density at radius 1 is 1.33 bits per heavy atom. The topological polar surface area (TPSA) is 66.5 Å². The van der Waals surface area contributed by atoms with Crippen LogP contribution in [0.5, 0.6) is 0 Å². The fraction of sp³-hybridized carbons (Fsp3) is 0.571. The second-order valence-electron chi connectivity index (χ2n) is 2.67. The third-order valence-electron chi connectivity index (χ3n) is 1.63. The van der Waals surface area contributed by atoms with Gasteiger partial charge in [-0.2, -0.15) is 0 Å². The van der Waals surface area contributed by atoms with Gasteiger partial charge in [-0.3, -0.25) is 9.59 Å². The molecule has 0 aromatic heterocycles. The molecule has 0 bridgehead atoms. The Hall–Kier alpha value is -1.39. The van der Waals surface area contributed by atoms with E-state index in [9.17, 15) is 14.4 Å². The lowest BCUT2D eigenvalue weighted by molar-refractivity contribution is -0.131. The molecular weight excluding hydrogens is 160 g/mol. The summed E-state index contributed by atoms with van der Waals surface area (Å²) < 4.78 is 0. The highest BCUT2D eigenvalue weighted by molar-refractivity contribution is 6.05. The van der Waals surface area contributed by atoms with Crippen LogP contribution in [0.15, 0.2) is 0 Å². The lowest BCUT2D eigenvalue weighted by Gasteiger charge is -2.24. The van der Waals surface area contributed by atoms with Gasteiger partial charge in [0.05, 0.1) is 19.5 Å². The fourth-order valence-corrected chi connectivity index (χ4v) is 1.12. The van der Waals surface area contributed by atoms with Crippen molar-refractivity contribution in [2.75, 3.05) is 20.1 Å². The van der Waals surface area contributed by atoms with Crippen LogP contribution in [0, 0.1) is 0 Å². The van der Waals surface area contributed by atoms with Crippen LogP contribution in [0.2, 0.25) is 0 Å². The predicted molar refractivity (Wildman–Crippen MR) is 40.7 cm³/mol. The van der Waals surface area contributed by atoms with Gasteiger partial charge in [0.2, 0.25) is 0 Å². The van der Waals surface area contributed by atoms with E-state index in [0.29, 0.717) is 0 Å². The number of nitrogens with zero attached hydrogens (tertiary/aromatic N) is 1. The zero-order chi connectivity index (χ0) is 9.14. The number of carbonyl (C=O) groups is 3. The molecule has 0 aromatic rings. The SMILES string of the molecule is CNC(=O)N1CC(=O)CC(=O)C1. The number of piperidine rings is 1. The van der Waals surface area contributed by atoms with E-state index >= 15 is 0 Å². The van der Waals surface area contributed by atoms with Gasteiger partial charge in [-0.05, 0) is 0 Å². The van der Waals surface area contributed by atoms with Gasteiger partial charge < -0.3 is 10.2 Å². The van der Waals surface area contributed by atoms with Crippen LogP contribution >= 0.6 is 0 Å². The highest BCUT2D eigenvalue weighted by Crippen LogP contribution is 2.02. The van der Waals surface area contributed by atoms with E-state index in [1.807, 2.05) is 0 Å². The van der Waals surface area contributed by atoms with Gasteiger partial charge in [-0.15, -0.1) is 0 Å². The molecule has 0 radical (unpaired) electrons. The third-order valence-corrected chi connectivity index (χ3v) is 1.63. The molecule has 0 aliphatic carbocycles. The van der Waals surface area contributed by atoms with Crippen molar-refractivity contribution >= 4 is 17.6 Å². The summed E-state index contributed by atoms with van der Waals surface area (Å²) in [5, 5.41) is 2.36. The summed E-state index contributed by atoms with van der Waals surface area (Å²) in [7, 11) is 1.46. The van der Waals surface area contributed by atoms with Crippen molar-refractivity contribution in [1.82, 2.24) is 10.2 Å². The van der Waals surface area contributed by atoms with Gasteiger partial charge in [0.25, 0.3) is 0 Å². The van der Waals surface area contributed by atoms with E-state index in [1.54, 1.807) is 0 Å². The quantitative estimate of drug-likeness (QED) is 0.482. The zero-order valence-electron chi connectivity index (χ0n) is 6.79. The number of rotatable bonds is 0. The number of hydrogen-bond donors (Lipinski definition) is 1. The Morgan fingerprint density at radius 3 is 2.25 bits per heavy atom. The summed E-state index contributed by atoms with van der Waals surface area (Å²) in [6, 6.07) is -0.378. The number of carbonyl (C=O) groups excluding carboxylic acids is 3. The summed E-state index contributed by atoms with van der Waals surface area (Å²) in [5.41, 5.74) is 0. The van der Waals surface area contributed by atoms with Crippen molar-refractivity contribution in [3.05, 3.63) is 0 Å². The average Bonchev–Trinajstić information content (AvgIpc) is 2.01. The van der Waals surface area contributed by atoms with E-state index in [0.717, 1.165) is 0 Å². The van der Waals surface area contributed by atoms with E-state index in [4.69, 9.17) is 0 Å². The lowest BCUT2D eigenvalue weighted by atomic mass is 10.1. The summed E-state index contributed by atoms with van der Waals surface area (Å²) in [6.45, 7) is 0.0941. The van der Waals surface area contributed by atoms with Crippen LogP contribution in [0.25, 0.3) is 0 Å².